The van der Waals surface area contributed by atoms with E-state index in [0.29, 0.717) is 0 Å². The number of nitrogens with zero attached hydrogens (tertiary/aromatic N) is 2. The van der Waals surface area contributed by atoms with Crippen molar-refractivity contribution in [3.05, 3.63) is 254 Å². The zero-order valence-corrected chi connectivity index (χ0v) is 44.7. The standard InChI is InChI=1S/C70H61BN2S/c1-9-10-22-46-33-34-56-55(39-46)67(6)36-35-43(3)61-65(67)68(7)66(62-51-27-17-20-32-59(51)74-69(61,62)8)71-63-52(40-47(41-58(63)72(56)68)60-44(4)37-42(2)38-45(60)5)50-28-21-30-54-64(50)73(71)57-31-19-18-29-53(57)70(54,48-23-13-11-14-24-48)49-25-15-12-16-26-49/h11-21,23-41,43H,9-10,22H2,1-8H3. The van der Waals surface area contributed by atoms with Gasteiger partial charge in [-0.1, -0.05) is 178 Å². The van der Waals surface area contributed by atoms with Gasteiger partial charge in [0.05, 0.1) is 15.7 Å². The van der Waals surface area contributed by atoms with E-state index >= 15 is 0 Å². The van der Waals surface area contributed by atoms with Gasteiger partial charge < -0.3 is 9.71 Å². The Morgan fingerprint density at radius 1 is 0.622 bits per heavy atom. The molecule has 0 radical (unpaired) electrons. The molecule has 0 aromatic heterocycles. The summed E-state index contributed by atoms with van der Waals surface area (Å²) in [5.74, 6) is 0.248. The highest BCUT2D eigenvalue weighted by atomic mass is 32.2. The molecule has 4 heteroatoms. The minimum Gasteiger partial charge on any atom is -0.376 e. The van der Waals surface area contributed by atoms with Gasteiger partial charge in [0.2, 0.25) is 0 Å². The van der Waals surface area contributed by atoms with Crippen LogP contribution in [-0.4, -0.2) is 17.1 Å². The average molecular weight is 973 g/mol. The Morgan fingerprint density at radius 3 is 2.04 bits per heavy atom. The lowest BCUT2D eigenvalue weighted by atomic mass is 9.33. The summed E-state index contributed by atoms with van der Waals surface area (Å²) in [4.78, 5) is 7.17. The monoisotopic (exact) mass is 972 g/mol. The number of hydrogen-bond acceptors (Lipinski definition) is 3. The number of anilines is 4. The lowest BCUT2D eigenvalue weighted by molar-refractivity contribution is 0.461. The minimum absolute atomic E-state index is 0.138. The number of thioether (sulfide) groups is 1. The molecule has 0 N–H and O–H groups in total. The number of aryl methyl sites for hydroxylation is 4. The van der Waals surface area contributed by atoms with E-state index in [1.807, 2.05) is 0 Å². The number of para-hydroxylation sites is 2. The number of unbranched alkanes of at least 4 members (excludes halogenated alkanes) is 1. The summed E-state index contributed by atoms with van der Waals surface area (Å²) in [6.45, 7) is 19.4. The summed E-state index contributed by atoms with van der Waals surface area (Å²) in [5, 5.41) is 0. The molecule has 8 aromatic carbocycles. The van der Waals surface area contributed by atoms with Crippen LogP contribution in [0.4, 0.5) is 22.7 Å². The van der Waals surface area contributed by atoms with Crippen LogP contribution in [0.3, 0.4) is 0 Å². The third kappa shape index (κ3) is 5.35. The predicted octanol–water partition coefficient (Wildman–Crippen LogP) is 16.9. The molecule has 360 valence electrons. The molecular formula is C70H61BN2S. The van der Waals surface area contributed by atoms with Crippen molar-refractivity contribution in [3.63, 3.8) is 0 Å². The van der Waals surface area contributed by atoms with Crippen LogP contribution in [0.25, 0.3) is 27.8 Å². The molecule has 0 bridgehead atoms. The summed E-state index contributed by atoms with van der Waals surface area (Å²) in [7, 11) is 0. The van der Waals surface area contributed by atoms with Gasteiger partial charge in [0.25, 0.3) is 0 Å². The van der Waals surface area contributed by atoms with Gasteiger partial charge in [-0.15, -0.1) is 11.8 Å². The molecule has 4 unspecified atom stereocenters. The molecule has 7 aliphatic rings. The van der Waals surface area contributed by atoms with E-state index in [4.69, 9.17) is 0 Å². The maximum absolute atomic E-state index is 2.91. The molecule has 0 spiro atoms. The first kappa shape index (κ1) is 44.5. The van der Waals surface area contributed by atoms with Crippen molar-refractivity contribution in [3.8, 4) is 22.3 Å². The Morgan fingerprint density at radius 2 is 1.30 bits per heavy atom. The molecule has 0 saturated heterocycles. The zero-order valence-electron chi connectivity index (χ0n) is 43.9. The summed E-state index contributed by atoms with van der Waals surface area (Å²) < 4.78 is -0.317. The van der Waals surface area contributed by atoms with E-state index in [9.17, 15) is 0 Å². The third-order valence-corrected chi connectivity index (χ3v) is 20.4. The molecule has 74 heavy (non-hydrogen) atoms. The Balaban J connectivity index is 1.17. The molecule has 0 amide bonds. The van der Waals surface area contributed by atoms with Crippen LogP contribution in [-0.2, 0) is 17.3 Å². The Labute approximate surface area is 442 Å². The van der Waals surface area contributed by atoms with E-state index in [1.54, 1.807) is 11.1 Å². The number of rotatable bonds is 6. The van der Waals surface area contributed by atoms with Crippen LogP contribution in [0.5, 0.6) is 0 Å². The maximum Gasteiger partial charge on any atom is 0.329 e. The van der Waals surface area contributed by atoms with E-state index in [0.717, 1.165) is 6.42 Å². The van der Waals surface area contributed by atoms with Gasteiger partial charge in [-0.3, -0.25) is 0 Å². The van der Waals surface area contributed by atoms with Gasteiger partial charge in [0.1, 0.15) is 0 Å². The topological polar surface area (TPSA) is 6.48 Å². The summed E-state index contributed by atoms with van der Waals surface area (Å²) in [6.07, 6.45) is 8.65. The number of allylic oxidation sites excluding steroid dienone is 2. The number of benzene rings is 8. The summed E-state index contributed by atoms with van der Waals surface area (Å²) in [5.41, 5.74) is 30.0. The van der Waals surface area contributed by atoms with Crippen LogP contribution >= 0.6 is 11.8 Å². The molecule has 5 aliphatic heterocycles. The van der Waals surface area contributed by atoms with Crippen molar-refractivity contribution in [2.75, 3.05) is 9.71 Å². The predicted molar refractivity (Wildman–Crippen MR) is 313 cm³/mol. The lowest BCUT2D eigenvalue weighted by Gasteiger charge is -2.66. The van der Waals surface area contributed by atoms with Crippen molar-refractivity contribution in [1.82, 2.24) is 0 Å². The van der Waals surface area contributed by atoms with Gasteiger partial charge in [-0.25, -0.2) is 0 Å². The molecule has 2 nitrogen and oxygen atoms in total. The highest BCUT2D eigenvalue weighted by Gasteiger charge is 2.69. The van der Waals surface area contributed by atoms with Crippen LogP contribution in [0.15, 0.2) is 204 Å². The van der Waals surface area contributed by atoms with Crippen molar-refractivity contribution in [1.29, 1.82) is 0 Å². The summed E-state index contributed by atoms with van der Waals surface area (Å²) in [6, 6.07) is 66.7. The minimum atomic E-state index is -0.598. The quantitative estimate of drug-likeness (QED) is 0.121. The van der Waals surface area contributed by atoms with Crippen LogP contribution < -0.4 is 15.2 Å². The smallest absolute Gasteiger partial charge is 0.329 e. The van der Waals surface area contributed by atoms with E-state index < -0.39 is 11.0 Å². The van der Waals surface area contributed by atoms with Gasteiger partial charge >= 0.3 is 6.85 Å². The van der Waals surface area contributed by atoms with Crippen LogP contribution in [0.1, 0.15) is 103 Å². The van der Waals surface area contributed by atoms with Crippen molar-refractivity contribution in [2.24, 2.45) is 5.92 Å². The second-order valence-corrected chi connectivity index (χ2v) is 24.6. The molecule has 0 fully saturated rings. The first-order valence-corrected chi connectivity index (χ1v) is 28.1. The second kappa shape index (κ2) is 15.3. The third-order valence-electron chi connectivity index (χ3n) is 19.0. The number of hydrogen-bond donors (Lipinski definition) is 0. The SMILES string of the molecule is CCCCc1ccc2c(c1)C1(C)C=CC(C)C3=C1C1(C)C(=C4c5ccccc5SC43C)B3c4c(cc(-c5c(C)cc(C)cc5C)cc4N21)-c1cccc2c1N3c1ccccc1C2(c1ccccc1)c1ccccc1. The normalized spacial score (nSPS) is 23.4. The molecule has 0 saturated carbocycles. The molecule has 15 rings (SSSR count). The Bertz CT molecular complexity index is 3820. The fourth-order valence-electron chi connectivity index (χ4n) is 16.5. The molecule has 5 heterocycles. The highest BCUT2D eigenvalue weighted by molar-refractivity contribution is 8.02. The highest BCUT2D eigenvalue weighted by Crippen LogP contribution is 2.73. The Kier molecular flexibility index (Phi) is 9.19. The molecule has 2 aliphatic carbocycles. The molecule has 4 atom stereocenters. The van der Waals surface area contributed by atoms with Gasteiger partial charge in [-0.05, 0) is 185 Å². The molecular weight excluding hydrogens is 912 g/mol. The fourth-order valence-corrected chi connectivity index (χ4v) is 18.1. The number of fused-ring (bicyclic) bond motifs is 13. The van der Waals surface area contributed by atoms with Crippen LogP contribution in [0.2, 0.25) is 0 Å². The van der Waals surface area contributed by atoms with Gasteiger partial charge in [0, 0.05) is 38.6 Å². The van der Waals surface area contributed by atoms with Gasteiger partial charge in [0.15, 0.2) is 0 Å². The van der Waals surface area contributed by atoms with Crippen molar-refractivity contribution >= 4 is 52.4 Å². The summed E-state index contributed by atoms with van der Waals surface area (Å²) >= 11 is 2.11. The van der Waals surface area contributed by atoms with E-state index in [-0.39, 0.29) is 22.9 Å². The van der Waals surface area contributed by atoms with E-state index in [2.05, 4.69) is 259 Å². The molecule has 8 aromatic rings. The lowest BCUT2D eigenvalue weighted by Crippen LogP contribution is -2.71. The van der Waals surface area contributed by atoms with Gasteiger partial charge in [-0.2, -0.15) is 0 Å². The van der Waals surface area contributed by atoms with Crippen molar-refractivity contribution in [2.45, 2.75) is 101 Å². The van der Waals surface area contributed by atoms with Crippen molar-refractivity contribution < 1.29 is 0 Å². The first-order valence-electron chi connectivity index (χ1n) is 27.3. The zero-order chi connectivity index (χ0) is 50.2. The van der Waals surface area contributed by atoms with E-state index in [1.165, 1.54) is 135 Å². The maximum atomic E-state index is 2.91. The fraction of sp³-hybridized carbons (Fsp3) is 0.229. The second-order valence-electron chi connectivity index (χ2n) is 23.1. The Hall–Kier alpha value is -7.01. The van der Waals surface area contributed by atoms with Crippen LogP contribution in [0, 0.1) is 26.7 Å². The average Bonchev–Trinajstić information content (AvgIpc) is 3.90. The largest absolute Gasteiger partial charge is 0.376 e. The first-order chi connectivity index (χ1) is 35.9.